The lowest BCUT2D eigenvalue weighted by atomic mass is 9.72. The van der Waals surface area contributed by atoms with E-state index in [2.05, 4.69) is 36.9 Å². The van der Waals surface area contributed by atoms with E-state index >= 15 is 0 Å². The van der Waals surface area contributed by atoms with Crippen molar-refractivity contribution in [2.75, 3.05) is 6.61 Å². The smallest absolute Gasteiger partial charge is 0.256 e. The van der Waals surface area contributed by atoms with Crippen LogP contribution in [-0.4, -0.2) is 23.2 Å². The van der Waals surface area contributed by atoms with Crippen LogP contribution in [0.1, 0.15) is 92.2 Å². The predicted octanol–water partition coefficient (Wildman–Crippen LogP) is 8.90. The Morgan fingerprint density at radius 2 is 1.88 bits per heavy atom. The van der Waals surface area contributed by atoms with Gasteiger partial charge in [0, 0.05) is 22.5 Å². The van der Waals surface area contributed by atoms with E-state index in [0.29, 0.717) is 46.9 Å². The van der Waals surface area contributed by atoms with Gasteiger partial charge in [-0.1, -0.05) is 71.6 Å². The third-order valence-corrected chi connectivity index (χ3v) is 8.24. The monoisotopic (exact) mass is 571 g/mol. The Morgan fingerprint density at radius 3 is 2.44 bits per heavy atom. The average Bonchev–Trinajstić information content (AvgIpc) is 3.08. The zero-order chi connectivity index (χ0) is 30.9. The number of ether oxygens (including phenoxy) is 1. The Labute approximate surface area is 252 Å². The van der Waals surface area contributed by atoms with Crippen molar-refractivity contribution < 1.29 is 14.3 Å². The van der Waals surface area contributed by atoms with Crippen LogP contribution in [0.4, 0.5) is 0 Å². The van der Waals surface area contributed by atoms with Crippen LogP contribution >= 0.6 is 12.2 Å². The van der Waals surface area contributed by atoms with Crippen molar-refractivity contribution >= 4 is 40.0 Å². The highest BCUT2D eigenvalue weighted by Gasteiger charge is 2.35. The molecule has 1 aliphatic carbocycles. The van der Waals surface area contributed by atoms with Crippen LogP contribution in [0.5, 0.6) is 5.75 Å². The lowest BCUT2D eigenvalue weighted by Gasteiger charge is -2.30. The van der Waals surface area contributed by atoms with Gasteiger partial charge in [-0.2, -0.15) is 0 Å². The summed E-state index contributed by atoms with van der Waals surface area (Å²) in [6, 6.07) is 5.72. The summed E-state index contributed by atoms with van der Waals surface area (Å²) in [7, 11) is 0. The van der Waals surface area contributed by atoms with Gasteiger partial charge < -0.3 is 10.1 Å². The molecule has 0 radical (unpaired) electrons. The first-order chi connectivity index (χ1) is 19.3. The minimum atomic E-state index is -0.605. The Kier molecular flexibility index (Phi) is 12.3. The maximum atomic E-state index is 13.6. The molecule has 2 unspecified atom stereocenters. The number of hydrogen-bond donors (Lipinski definition) is 1. The summed E-state index contributed by atoms with van der Waals surface area (Å²) in [5.74, 6) is 0.162. The molecule has 5 heteroatoms. The number of allylic oxidation sites excluding steroid dienone is 4. The van der Waals surface area contributed by atoms with E-state index in [-0.39, 0.29) is 17.6 Å². The molecule has 1 aromatic rings. The van der Waals surface area contributed by atoms with E-state index in [9.17, 15) is 9.59 Å². The second-order valence-corrected chi connectivity index (χ2v) is 11.6. The van der Waals surface area contributed by atoms with Gasteiger partial charge in [-0.15, -0.1) is 11.5 Å². The Balaban J connectivity index is 2.45. The van der Waals surface area contributed by atoms with Gasteiger partial charge in [0.15, 0.2) is 0 Å². The van der Waals surface area contributed by atoms with E-state index in [1.165, 1.54) is 0 Å². The van der Waals surface area contributed by atoms with Gasteiger partial charge >= 0.3 is 0 Å². The van der Waals surface area contributed by atoms with E-state index in [4.69, 9.17) is 17.0 Å². The van der Waals surface area contributed by atoms with Gasteiger partial charge in [0.05, 0.1) is 12.3 Å². The Morgan fingerprint density at radius 1 is 1.20 bits per heavy atom. The molecule has 4 nitrogen and oxygen atoms in total. The number of thiocarbonyl (C=S) groups is 1. The number of ketones is 1. The maximum Gasteiger partial charge on any atom is 0.256 e. The first-order valence-electron chi connectivity index (χ1n) is 14.4. The molecule has 0 spiro atoms. The molecule has 1 N–H and O–H groups in total. The highest BCUT2D eigenvalue weighted by atomic mass is 32.1. The molecule has 0 fully saturated rings. The van der Waals surface area contributed by atoms with Gasteiger partial charge in [-0.25, -0.2) is 0 Å². The van der Waals surface area contributed by atoms with Crippen LogP contribution in [0, 0.1) is 11.3 Å². The SMILES string of the molecule is C=C=C(NC(=O)C1=C(C)C(C)=C=C(CCC)C=C1)c1cc(C(=C)CC(C)(CC)C(=O)C(C)C(C)=S)ccc1OCC. The van der Waals surface area contributed by atoms with Crippen molar-refractivity contribution in [2.45, 2.75) is 81.1 Å². The standard InChI is InChI=1S/C36H45NO3S/c1-11-15-28-16-18-30(25(7)23(5)20-28)35(39)37-32(12-2)31-21-29(17-19-33(31)40-14-4)24(6)22-36(10,13-3)34(38)26(8)27(9)41/h16-19,21,26H,2,6,11,13-15,22H2,1,3-5,7-10H3,(H,37,39). The third-order valence-electron chi connectivity index (χ3n) is 7.88. The maximum absolute atomic E-state index is 13.6. The summed E-state index contributed by atoms with van der Waals surface area (Å²) < 4.78 is 5.92. The van der Waals surface area contributed by atoms with Gasteiger partial charge in [-0.3, -0.25) is 9.59 Å². The largest absolute Gasteiger partial charge is 0.493 e. The van der Waals surface area contributed by atoms with Crippen molar-refractivity contribution in [3.8, 4) is 5.75 Å². The first kappa shape index (κ1) is 33.7. The topological polar surface area (TPSA) is 55.4 Å². The number of rotatable bonds is 14. The summed E-state index contributed by atoms with van der Waals surface area (Å²) in [6.45, 7) is 24.3. The van der Waals surface area contributed by atoms with Gasteiger partial charge in [-0.05, 0) is 97.9 Å². The highest BCUT2D eigenvalue weighted by molar-refractivity contribution is 7.80. The quantitative estimate of drug-likeness (QED) is 0.179. The van der Waals surface area contributed by atoms with Crippen molar-refractivity contribution in [1.29, 1.82) is 0 Å². The molecule has 2 rings (SSSR count). The predicted molar refractivity (Wildman–Crippen MR) is 176 cm³/mol. The molecule has 2 atom stereocenters. The molecule has 0 saturated carbocycles. The molecule has 0 aliphatic heterocycles. The van der Waals surface area contributed by atoms with Gasteiger partial charge in [0.2, 0.25) is 0 Å². The summed E-state index contributed by atoms with van der Waals surface area (Å²) >= 11 is 5.32. The molecule has 0 saturated heterocycles. The fraction of sp³-hybridized carbons (Fsp3) is 0.417. The molecule has 1 aromatic carbocycles. The minimum Gasteiger partial charge on any atom is -0.493 e. The normalized spacial score (nSPS) is 15.0. The average molecular weight is 572 g/mol. The first-order valence-corrected chi connectivity index (χ1v) is 14.8. The van der Waals surface area contributed by atoms with Gasteiger partial charge in [0.1, 0.15) is 11.5 Å². The van der Waals surface area contributed by atoms with Crippen molar-refractivity contribution in [3.63, 3.8) is 0 Å². The fourth-order valence-electron chi connectivity index (χ4n) is 4.83. The molecule has 0 bridgehead atoms. The Hall–Kier alpha value is -3.49. The zero-order valence-electron chi connectivity index (χ0n) is 26.0. The molecule has 0 aromatic heterocycles. The minimum absolute atomic E-state index is 0.125. The number of carbonyl (C=O) groups excluding carboxylic acids is 2. The van der Waals surface area contributed by atoms with Crippen LogP contribution < -0.4 is 10.1 Å². The molecule has 0 heterocycles. The summed E-state index contributed by atoms with van der Waals surface area (Å²) in [5, 5.41) is 3.01. The van der Waals surface area contributed by atoms with Crippen LogP contribution in [0.15, 0.2) is 77.3 Å². The number of amides is 1. The van der Waals surface area contributed by atoms with Crippen molar-refractivity contribution in [2.24, 2.45) is 11.3 Å². The molecule has 1 amide bonds. The lowest BCUT2D eigenvalue weighted by Crippen LogP contribution is -2.34. The van der Waals surface area contributed by atoms with E-state index in [0.717, 1.165) is 40.7 Å². The zero-order valence-corrected chi connectivity index (χ0v) is 26.9. The molecule has 218 valence electrons. The number of carbonyl (C=O) groups is 2. The fourth-order valence-corrected chi connectivity index (χ4v) is 4.94. The number of benzene rings is 1. The van der Waals surface area contributed by atoms with Crippen molar-refractivity contribution in [1.82, 2.24) is 5.32 Å². The Bertz CT molecular complexity index is 1410. The molecule has 41 heavy (non-hydrogen) atoms. The van der Waals surface area contributed by atoms with Crippen molar-refractivity contribution in [3.05, 3.63) is 88.4 Å². The molecular formula is C36H45NO3S. The number of hydrogen-bond acceptors (Lipinski definition) is 4. The number of Topliss-reactive ketones (excluding diaryl/α,β-unsaturated/α-hetero) is 1. The van der Waals surface area contributed by atoms with Gasteiger partial charge in [0.25, 0.3) is 5.91 Å². The third kappa shape index (κ3) is 8.27. The second-order valence-electron chi connectivity index (χ2n) is 10.9. The van der Waals surface area contributed by atoms with Crippen LogP contribution in [0.2, 0.25) is 0 Å². The van der Waals surface area contributed by atoms with Crippen LogP contribution in [0.3, 0.4) is 0 Å². The highest BCUT2D eigenvalue weighted by Crippen LogP contribution is 2.38. The molecule has 1 aliphatic rings. The summed E-state index contributed by atoms with van der Waals surface area (Å²) in [5.41, 5.74) is 11.9. The summed E-state index contributed by atoms with van der Waals surface area (Å²) in [4.78, 5) is 27.6. The van der Waals surface area contributed by atoms with E-state index < -0.39 is 5.41 Å². The number of nitrogens with one attached hydrogen (secondary N) is 1. The van der Waals surface area contributed by atoms with Crippen LogP contribution in [0.25, 0.3) is 11.3 Å². The summed E-state index contributed by atoms with van der Waals surface area (Å²) in [6.07, 6.45) is 6.87. The van der Waals surface area contributed by atoms with Crippen LogP contribution in [-0.2, 0) is 9.59 Å². The second kappa shape index (κ2) is 14.9. The van der Waals surface area contributed by atoms with E-state index in [1.807, 2.05) is 78.8 Å². The van der Waals surface area contributed by atoms with E-state index in [1.54, 1.807) is 0 Å². The lowest BCUT2D eigenvalue weighted by molar-refractivity contribution is -0.129. The molecular weight excluding hydrogens is 526 g/mol.